The molecule has 0 bridgehead atoms. The Morgan fingerprint density at radius 3 is 2.31 bits per heavy atom. The van der Waals surface area contributed by atoms with Gasteiger partial charge in [0.25, 0.3) is 0 Å². The lowest BCUT2D eigenvalue weighted by Crippen LogP contribution is -2.48. The van der Waals surface area contributed by atoms with E-state index in [1.54, 1.807) is 19.1 Å². The predicted octanol–water partition coefficient (Wildman–Crippen LogP) is 2.66. The van der Waals surface area contributed by atoms with Crippen LogP contribution in [-0.2, 0) is 14.8 Å². The number of amides is 1. The number of anilines is 1. The minimum absolute atomic E-state index is 0.250. The molecule has 0 radical (unpaired) electrons. The van der Waals surface area contributed by atoms with E-state index in [0.717, 1.165) is 21.7 Å². The van der Waals surface area contributed by atoms with Crippen molar-refractivity contribution in [3.63, 3.8) is 0 Å². The smallest absolute Gasteiger partial charge is 0.243 e. The van der Waals surface area contributed by atoms with Crippen LogP contribution in [0.1, 0.15) is 18.1 Å². The van der Waals surface area contributed by atoms with Crippen molar-refractivity contribution >= 4 is 21.6 Å². The fraction of sp³-hybridized carbons (Fsp3) is 0.381. The van der Waals surface area contributed by atoms with Gasteiger partial charge in [-0.25, -0.2) is 8.42 Å². The van der Waals surface area contributed by atoms with E-state index in [0.29, 0.717) is 17.2 Å². The van der Waals surface area contributed by atoms with E-state index in [1.165, 1.54) is 7.11 Å². The third-order valence-electron chi connectivity index (χ3n) is 4.35. The van der Waals surface area contributed by atoms with Crippen LogP contribution >= 0.6 is 0 Å². The summed E-state index contributed by atoms with van der Waals surface area (Å²) < 4.78 is 36.9. The van der Waals surface area contributed by atoms with Crippen LogP contribution in [0.2, 0.25) is 0 Å². The van der Waals surface area contributed by atoms with Gasteiger partial charge in [-0.1, -0.05) is 23.8 Å². The van der Waals surface area contributed by atoms with Crippen LogP contribution in [0.15, 0.2) is 42.5 Å². The molecular formula is C21H28N2O5S. The van der Waals surface area contributed by atoms with Gasteiger partial charge < -0.3 is 14.8 Å². The first kappa shape index (κ1) is 22.5. The first-order valence-corrected chi connectivity index (χ1v) is 11.1. The molecule has 1 atom stereocenters. The average Bonchev–Trinajstić information content (AvgIpc) is 2.65. The molecule has 0 fully saturated rings. The number of nitrogens with one attached hydrogen (secondary N) is 1. The Morgan fingerprint density at radius 1 is 1.10 bits per heavy atom. The summed E-state index contributed by atoms with van der Waals surface area (Å²) in [5.74, 6) is 0.662. The van der Waals surface area contributed by atoms with Crippen molar-refractivity contribution in [2.24, 2.45) is 0 Å². The van der Waals surface area contributed by atoms with Crippen molar-refractivity contribution in [1.82, 2.24) is 5.32 Å². The molecule has 0 aliphatic carbocycles. The van der Waals surface area contributed by atoms with E-state index in [2.05, 4.69) is 5.32 Å². The van der Waals surface area contributed by atoms with Crippen molar-refractivity contribution in [2.45, 2.75) is 26.8 Å². The summed E-state index contributed by atoms with van der Waals surface area (Å²) in [6.45, 7) is 5.89. The predicted molar refractivity (Wildman–Crippen MR) is 114 cm³/mol. The molecule has 2 aromatic rings. The molecule has 0 aromatic heterocycles. The maximum Gasteiger partial charge on any atom is 0.243 e. The second-order valence-corrected chi connectivity index (χ2v) is 8.72. The number of sulfonamides is 1. The molecule has 0 spiro atoms. The highest BCUT2D eigenvalue weighted by atomic mass is 32.2. The molecular weight excluding hydrogens is 392 g/mol. The number of nitrogens with zero attached hydrogens (tertiary/aromatic N) is 1. The van der Waals surface area contributed by atoms with Crippen LogP contribution in [0.3, 0.4) is 0 Å². The number of carbonyl (C=O) groups excluding carboxylic acids is 1. The Bertz CT molecular complexity index is 942. The van der Waals surface area contributed by atoms with Gasteiger partial charge in [-0.05, 0) is 50.6 Å². The Hall–Kier alpha value is -2.74. The molecule has 0 aliphatic heterocycles. The monoisotopic (exact) mass is 420 g/mol. The van der Waals surface area contributed by atoms with Gasteiger partial charge in [0.1, 0.15) is 24.1 Å². The van der Waals surface area contributed by atoms with Crippen LogP contribution < -0.4 is 19.1 Å². The molecule has 0 heterocycles. The number of methoxy groups -OCH3 is 1. The Morgan fingerprint density at radius 2 is 1.72 bits per heavy atom. The van der Waals surface area contributed by atoms with Crippen LogP contribution in [0.4, 0.5) is 5.69 Å². The Balaban J connectivity index is 2.07. The molecule has 1 amide bonds. The van der Waals surface area contributed by atoms with Crippen LogP contribution in [0.5, 0.6) is 11.5 Å². The van der Waals surface area contributed by atoms with Gasteiger partial charge in [0.05, 0.1) is 25.6 Å². The van der Waals surface area contributed by atoms with Gasteiger partial charge >= 0.3 is 0 Å². The zero-order chi connectivity index (χ0) is 21.6. The molecule has 0 saturated carbocycles. The number of carbonyl (C=O) groups is 1. The summed E-state index contributed by atoms with van der Waals surface area (Å²) in [5.41, 5.74) is 2.31. The molecule has 7 nitrogen and oxygen atoms in total. The number of hydrogen-bond donors (Lipinski definition) is 1. The maximum atomic E-state index is 12.6. The first-order chi connectivity index (χ1) is 13.6. The fourth-order valence-electron chi connectivity index (χ4n) is 2.88. The summed E-state index contributed by atoms with van der Waals surface area (Å²) >= 11 is 0. The van der Waals surface area contributed by atoms with Crippen molar-refractivity contribution < 1.29 is 22.7 Å². The summed E-state index contributed by atoms with van der Waals surface area (Å²) in [6, 6.07) is 11.8. The molecule has 0 unspecified atom stereocenters. The molecule has 29 heavy (non-hydrogen) atoms. The van der Waals surface area contributed by atoms with Crippen molar-refractivity contribution in [2.75, 3.05) is 30.8 Å². The lowest BCUT2D eigenvalue weighted by molar-refractivity contribution is -0.121. The van der Waals surface area contributed by atoms with Crippen molar-refractivity contribution in [3.8, 4) is 11.5 Å². The highest BCUT2D eigenvalue weighted by molar-refractivity contribution is 7.92. The first-order valence-electron chi connectivity index (χ1n) is 9.24. The van der Waals surface area contributed by atoms with Gasteiger partial charge in [-0.2, -0.15) is 0 Å². The van der Waals surface area contributed by atoms with Gasteiger partial charge in [-0.3, -0.25) is 9.10 Å². The van der Waals surface area contributed by atoms with Crippen LogP contribution in [0, 0.1) is 13.8 Å². The molecule has 2 rings (SSSR count). The molecule has 0 aliphatic rings. The Labute approximate surface area is 172 Å². The number of benzene rings is 2. The lowest BCUT2D eigenvalue weighted by Gasteiger charge is -2.29. The number of ether oxygens (including phenoxy) is 2. The van der Waals surface area contributed by atoms with E-state index in [4.69, 9.17) is 9.47 Å². The van der Waals surface area contributed by atoms with Gasteiger partial charge in [0.15, 0.2) is 0 Å². The molecule has 8 heteroatoms. The third-order valence-corrected chi connectivity index (χ3v) is 5.58. The van der Waals surface area contributed by atoms with E-state index >= 15 is 0 Å². The topological polar surface area (TPSA) is 84.9 Å². The average molecular weight is 421 g/mol. The van der Waals surface area contributed by atoms with Crippen molar-refractivity contribution in [3.05, 3.63) is 53.6 Å². The van der Waals surface area contributed by atoms with Crippen molar-refractivity contribution in [1.29, 1.82) is 0 Å². The second-order valence-electron chi connectivity index (χ2n) is 6.86. The molecule has 1 N–H and O–H groups in total. The Kier molecular flexibility index (Phi) is 7.50. The highest BCUT2D eigenvalue weighted by Gasteiger charge is 2.31. The standard InChI is InChI=1S/C21H28N2O5S/c1-15-6-9-18(10-7-15)28-13-12-22-21(24)17(3)23(29(5,25)26)19-14-16(2)8-11-20(19)27-4/h6-11,14,17H,12-13H2,1-5H3,(H,22,24)/t17-/m0/s1. The SMILES string of the molecule is COc1ccc(C)cc1N([C@@H](C)C(=O)NCCOc1ccc(C)cc1)S(C)(=O)=O. The third kappa shape index (κ3) is 6.12. The fourth-order valence-corrected chi connectivity index (χ4v) is 4.05. The normalized spacial score (nSPS) is 12.2. The molecule has 158 valence electrons. The van der Waals surface area contributed by atoms with Gasteiger partial charge in [-0.15, -0.1) is 0 Å². The second kappa shape index (κ2) is 9.65. The zero-order valence-corrected chi connectivity index (χ0v) is 18.2. The summed E-state index contributed by atoms with van der Waals surface area (Å²) in [7, 11) is -2.27. The van der Waals surface area contributed by atoms with Crippen LogP contribution in [0.25, 0.3) is 0 Å². The number of rotatable bonds is 9. The zero-order valence-electron chi connectivity index (χ0n) is 17.4. The summed E-state index contributed by atoms with van der Waals surface area (Å²) in [5, 5.41) is 2.73. The summed E-state index contributed by atoms with van der Waals surface area (Å²) in [6.07, 6.45) is 1.07. The lowest BCUT2D eigenvalue weighted by atomic mass is 10.2. The highest BCUT2D eigenvalue weighted by Crippen LogP contribution is 2.32. The molecule has 0 saturated heterocycles. The van der Waals surface area contributed by atoms with E-state index < -0.39 is 22.0 Å². The number of aryl methyl sites for hydroxylation is 2. The van der Waals surface area contributed by atoms with E-state index in [-0.39, 0.29) is 13.2 Å². The number of hydrogen-bond acceptors (Lipinski definition) is 5. The minimum Gasteiger partial charge on any atom is -0.495 e. The largest absolute Gasteiger partial charge is 0.495 e. The van der Waals surface area contributed by atoms with E-state index in [9.17, 15) is 13.2 Å². The van der Waals surface area contributed by atoms with E-state index in [1.807, 2.05) is 44.2 Å². The maximum absolute atomic E-state index is 12.6. The minimum atomic E-state index is -3.73. The molecule has 2 aromatic carbocycles. The van der Waals surface area contributed by atoms with Gasteiger partial charge in [0, 0.05) is 0 Å². The van der Waals surface area contributed by atoms with Crippen LogP contribution in [-0.4, -0.2) is 46.9 Å². The van der Waals surface area contributed by atoms with Gasteiger partial charge in [0.2, 0.25) is 15.9 Å². The summed E-state index contributed by atoms with van der Waals surface area (Å²) in [4.78, 5) is 12.6. The quantitative estimate of drug-likeness (QED) is 0.631.